The Morgan fingerprint density at radius 1 is 1.10 bits per heavy atom. The van der Waals surface area contributed by atoms with Crippen molar-refractivity contribution in [1.82, 2.24) is 10.2 Å². The van der Waals surface area contributed by atoms with Crippen molar-refractivity contribution < 1.29 is 9.59 Å². The van der Waals surface area contributed by atoms with Gasteiger partial charge in [-0.2, -0.15) is 27.0 Å². The third kappa shape index (κ3) is 7.19. The minimum absolute atomic E-state index is 0. The van der Waals surface area contributed by atoms with Crippen molar-refractivity contribution in [1.29, 1.82) is 0 Å². The molecular weight excluding hydrogens is 428 g/mol. The van der Waals surface area contributed by atoms with E-state index in [4.69, 9.17) is 5.73 Å². The molecule has 6 nitrogen and oxygen atoms in total. The lowest BCUT2D eigenvalue weighted by Crippen LogP contribution is -2.48. The summed E-state index contributed by atoms with van der Waals surface area (Å²) in [7, 11) is 4.03. The number of likely N-dealkylation sites (N-methyl/N-ethyl adjacent to an activating group) is 1. The fourth-order valence-electron chi connectivity index (χ4n) is 3.82. The zero-order chi connectivity index (χ0) is 20.8. The Kier molecular flexibility index (Phi) is 11.0. The molecule has 2 aromatic rings. The van der Waals surface area contributed by atoms with Crippen molar-refractivity contribution in [2.45, 2.75) is 31.3 Å². The zero-order valence-electron chi connectivity index (χ0n) is 18.2. The largest absolute Gasteiger partial charge is 0.366 e. The zero-order valence-corrected chi connectivity index (χ0v) is 20.2. The minimum atomic E-state index is -0.424. The maximum atomic E-state index is 12.9. The smallest absolute Gasteiger partial charge is 0.248 e. The standard InChI is InChI=1S/C23H30N4O2.2H2S/c1-26(2)20(15-17-10-12-18(13-11-17)22(24)28)16-25-23(29)21-9-6-14-27(21)19-7-4-3-5-8-19;;/h3-5,7-8,10-13,20-21H,6,9,14-16H2,1-2H3,(H2,24,28)(H,25,29);2*1H2/t20-,21-;;/m0../s1. The Bertz CT molecular complexity index is 831. The van der Waals surface area contributed by atoms with E-state index < -0.39 is 5.91 Å². The van der Waals surface area contributed by atoms with Crippen molar-refractivity contribution in [3.63, 3.8) is 0 Å². The number of hydrogen-bond acceptors (Lipinski definition) is 4. The Hall–Kier alpha value is -2.16. The summed E-state index contributed by atoms with van der Waals surface area (Å²) in [6.07, 6.45) is 2.68. The van der Waals surface area contributed by atoms with Gasteiger partial charge in [-0.3, -0.25) is 9.59 Å². The summed E-state index contributed by atoms with van der Waals surface area (Å²) in [5, 5.41) is 3.16. The maximum Gasteiger partial charge on any atom is 0.248 e. The molecule has 170 valence electrons. The van der Waals surface area contributed by atoms with E-state index >= 15 is 0 Å². The lowest BCUT2D eigenvalue weighted by atomic mass is 10.0. The number of para-hydroxylation sites is 1. The van der Waals surface area contributed by atoms with Crippen LogP contribution in [0.15, 0.2) is 54.6 Å². The van der Waals surface area contributed by atoms with Crippen LogP contribution < -0.4 is 16.0 Å². The number of anilines is 1. The van der Waals surface area contributed by atoms with Crippen LogP contribution in [-0.2, 0) is 11.2 Å². The molecule has 3 N–H and O–H groups in total. The Morgan fingerprint density at radius 3 is 2.32 bits per heavy atom. The van der Waals surface area contributed by atoms with Gasteiger partial charge in [-0.05, 0) is 63.2 Å². The van der Waals surface area contributed by atoms with Crippen LogP contribution in [-0.4, -0.2) is 56.0 Å². The molecule has 0 aromatic heterocycles. The second kappa shape index (κ2) is 12.6. The molecule has 0 bridgehead atoms. The van der Waals surface area contributed by atoms with Gasteiger partial charge in [0.2, 0.25) is 11.8 Å². The predicted molar refractivity (Wildman–Crippen MR) is 137 cm³/mol. The first-order valence-corrected chi connectivity index (χ1v) is 10.1. The summed E-state index contributed by atoms with van der Waals surface area (Å²) in [5.74, 6) is -0.338. The van der Waals surface area contributed by atoms with Gasteiger partial charge >= 0.3 is 0 Å². The van der Waals surface area contributed by atoms with E-state index in [1.165, 1.54) is 0 Å². The van der Waals surface area contributed by atoms with Gasteiger partial charge in [-0.25, -0.2) is 0 Å². The summed E-state index contributed by atoms with van der Waals surface area (Å²) in [6.45, 7) is 1.48. The van der Waals surface area contributed by atoms with Gasteiger partial charge in [0, 0.05) is 30.4 Å². The van der Waals surface area contributed by atoms with Gasteiger partial charge in [0.1, 0.15) is 6.04 Å². The molecule has 0 unspecified atom stereocenters. The third-order valence-electron chi connectivity index (χ3n) is 5.60. The van der Waals surface area contributed by atoms with Gasteiger partial charge in [-0.1, -0.05) is 30.3 Å². The van der Waals surface area contributed by atoms with Crippen LogP contribution >= 0.6 is 27.0 Å². The molecule has 0 saturated carbocycles. The van der Waals surface area contributed by atoms with Crippen LogP contribution in [0.25, 0.3) is 0 Å². The first kappa shape index (κ1) is 26.9. The summed E-state index contributed by atoms with van der Waals surface area (Å²) >= 11 is 0. The minimum Gasteiger partial charge on any atom is -0.366 e. The van der Waals surface area contributed by atoms with Crippen molar-refractivity contribution >= 4 is 44.5 Å². The number of carbonyl (C=O) groups is 2. The lowest BCUT2D eigenvalue weighted by Gasteiger charge is -2.28. The van der Waals surface area contributed by atoms with Crippen molar-refractivity contribution in [2.24, 2.45) is 5.73 Å². The Labute approximate surface area is 199 Å². The summed E-state index contributed by atoms with van der Waals surface area (Å²) in [5.41, 5.74) is 8.02. The number of benzene rings is 2. The van der Waals surface area contributed by atoms with Crippen molar-refractivity contribution in [2.75, 3.05) is 32.1 Å². The topological polar surface area (TPSA) is 78.7 Å². The van der Waals surface area contributed by atoms with E-state index in [1.807, 2.05) is 44.4 Å². The van der Waals surface area contributed by atoms with Crippen molar-refractivity contribution in [3.05, 3.63) is 65.7 Å². The second-order valence-electron chi connectivity index (χ2n) is 7.81. The number of hydrogen-bond donors (Lipinski definition) is 2. The van der Waals surface area contributed by atoms with Gasteiger partial charge in [0.25, 0.3) is 0 Å². The molecule has 1 heterocycles. The second-order valence-corrected chi connectivity index (χ2v) is 7.81. The number of carbonyl (C=O) groups excluding carboxylic acids is 2. The average molecular weight is 463 g/mol. The molecule has 1 saturated heterocycles. The number of rotatable bonds is 8. The quantitative estimate of drug-likeness (QED) is 0.631. The first-order chi connectivity index (χ1) is 14.0. The highest BCUT2D eigenvalue weighted by atomic mass is 32.1. The Morgan fingerprint density at radius 2 is 1.74 bits per heavy atom. The highest BCUT2D eigenvalue weighted by Gasteiger charge is 2.31. The molecule has 3 rings (SSSR count). The number of nitrogens with two attached hydrogens (primary N) is 1. The summed E-state index contributed by atoms with van der Waals surface area (Å²) in [6, 6.07) is 17.5. The lowest BCUT2D eigenvalue weighted by molar-refractivity contribution is -0.122. The average Bonchev–Trinajstić information content (AvgIpc) is 3.21. The van der Waals surface area contributed by atoms with Crippen LogP contribution in [0.2, 0.25) is 0 Å². The van der Waals surface area contributed by atoms with Crippen LogP contribution in [0.4, 0.5) is 5.69 Å². The fraction of sp³-hybridized carbons (Fsp3) is 0.391. The van der Waals surface area contributed by atoms with Gasteiger partial charge < -0.3 is 20.9 Å². The highest BCUT2D eigenvalue weighted by molar-refractivity contribution is 7.59. The highest BCUT2D eigenvalue weighted by Crippen LogP contribution is 2.25. The number of nitrogens with one attached hydrogen (secondary N) is 1. The number of amides is 2. The van der Waals surface area contributed by atoms with E-state index in [-0.39, 0.29) is 45.0 Å². The van der Waals surface area contributed by atoms with Crippen molar-refractivity contribution in [3.8, 4) is 0 Å². The molecule has 2 aromatic carbocycles. The Balaban J connectivity index is 0.00000240. The molecule has 1 aliphatic heterocycles. The maximum absolute atomic E-state index is 12.9. The molecule has 0 radical (unpaired) electrons. The normalized spacial score (nSPS) is 16.2. The molecule has 0 spiro atoms. The molecule has 2 amide bonds. The number of primary amides is 1. The van der Waals surface area contributed by atoms with E-state index in [0.29, 0.717) is 12.1 Å². The first-order valence-electron chi connectivity index (χ1n) is 10.1. The number of nitrogens with zero attached hydrogens (tertiary/aromatic N) is 2. The van der Waals surface area contributed by atoms with Crippen LogP contribution in [0, 0.1) is 0 Å². The van der Waals surface area contributed by atoms with Crippen LogP contribution in [0.1, 0.15) is 28.8 Å². The summed E-state index contributed by atoms with van der Waals surface area (Å²) in [4.78, 5) is 28.5. The van der Waals surface area contributed by atoms with E-state index in [2.05, 4.69) is 27.2 Å². The molecule has 0 aliphatic carbocycles. The molecular formula is C23H34N4O2S2. The monoisotopic (exact) mass is 462 g/mol. The fourth-order valence-corrected chi connectivity index (χ4v) is 3.82. The predicted octanol–water partition coefficient (Wildman–Crippen LogP) is 2.27. The van der Waals surface area contributed by atoms with Gasteiger partial charge in [0.15, 0.2) is 0 Å². The third-order valence-corrected chi connectivity index (χ3v) is 5.60. The van der Waals surface area contributed by atoms with Gasteiger partial charge in [0.05, 0.1) is 0 Å². The van der Waals surface area contributed by atoms with Crippen LogP contribution in [0.3, 0.4) is 0 Å². The SMILES string of the molecule is CN(C)[C@H](CNC(=O)[C@@H]1CCCN1c1ccccc1)Cc1ccc(C(N)=O)cc1.S.S. The molecule has 1 fully saturated rings. The van der Waals surface area contributed by atoms with E-state index in [1.54, 1.807) is 12.1 Å². The van der Waals surface area contributed by atoms with Gasteiger partial charge in [-0.15, -0.1) is 0 Å². The molecule has 2 atom stereocenters. The molecule has 31 heavy (non-hydrogen) atoms. The van der Waals surface area contributed by atoms with E-state index in [0.717, 1.165) is 37.1 Å². The van der Waals surface area contributed by atoms with E-state index in [9.17, 15) is 9.59 Å². The molecule has 8 heteroatoms. The van der Waals surface area contributed by atoms with Crippen LogP contribution in [0.5, 0.6) is 0 Å². The summed E-state index contributed by atoms with van der Waals surface area (Å²) < 4.78 is 0. The molecule has 1 aliphatic rings.